The molecule has 0 aromatic rings. The Bertz CT molecular complexity index is 192. The van der Waals surface area contributed by atoms with Crippen LogP contribution < -0.4 is 0 Å². The van der Waals surface area contributed by atoms with Crippen molar-refractivity contribution in [2.75, 3.05) is 0 Å². The first kappa shape index (κ1) is 8.26. The number of rotatable bonds is 1. The van der Waals surface area contributed by atoms with Crippen LogP contribution in [-0.4, -0.2) is 5.78 Å². The van der Waals surface area contributed by atoms with Crippen molar-refractivity contribution in [2.24, 2.45) is 11.8 Å². The minimum atomic E-state index is 0.0549. The largest absolute Gasteiger partial charge is 0.300 e. The summed E-state index contributed by atoms with van der Waals surface area (Å²) < 4.78 is 0. The molecule has 0 aromatic carbocycles. The topological polar surface area (TPSA) is 40.9 Å². The summed E-state index contributed by atoms with van der Waals surface area (Å²) in [6.45, 7) is 1.91. The van der Waals surface area contributed by atoms with Gasteiger partial charge in [-0.15, -0.1) is 0 Å². The second kappa shape index (κ2) is 3.52. The Morgan fingerprint density at radius 1 is 1.73 bits per heavy atom. The molecule has 1 fully saturated rings. The molecule has 0 aliphatic heterocycles. The van der Waals surface area contributed by atoms with Crippen molar-refractivity contribution in [1.82, 2.24) is 0 Å². The monoisotopic (exact) mass is 151 g/mol. The van der Waals surface area contributed by atoms with Gasteiger partial charge < -0.3 is 0 Å². The van der Waals surface area contributed by atoms with E-state index in [9.17, 15) is 4.79 Å². The summed E-state index contributed by atoms with van der Waals surface area (Å²) in [5.74, 6) is 0.726. The summed E-state index contributed by atoms with van der Waals surface area (Å²) in [5, 5.41) is 8.61. The molecule has 0 spiro atoms. The molecule has 1 aliphatic carbocycles. The third kappa shape index (κ3) is 2.04. The average Bonchev–Trinajstić information content (AvgIpc) is 2.03. The van der Waals surface area contributed by atoms with Gasteiger partial charge in [-0.1, -0.05) is 0 Å². The fraction of sp³-hybridized carbons (Fsp3) is 0.778. The van der Waals surface area contributed by atoms with Crippen LogP contribution in [0.4, 0.5) is 0 Å². The highest BCUT2D eigenvalue weighted by molar-refractivity contribution is 5.79. The van der Waals surface area contributed by atoms with Gasteiger partial charge in [0.25, 0.3) is 0 Å². The van der Waals surface area contributed by atoms with Crippen LogP contribution >= 0.6 is 0 Å². The van der Waals surface area contributed by atoms with Crippen LogP contribution in [0.1, 0.15) is 32.6 Å². The molecule has 0 saturated heterocycles. The van der Waals surface area contributed by atoms with Gasteiger partial charge in [0, 0.05) is 18.8 Å². The first-order valence-corrected chi connectivity index (χ1v) is 4.15. The maximum Gasteiger partial charge on any atom is 0.133 e. The number of hydrogen-bond acceptors (Lipinski definition) is 2. The Kier molecular flexibility index (Phi) is 2.64. The predicted octanol–water partition coefficient (Wildman–Crippen LogP) is 1.91. The van der Waals surface area contributed by atoms with Crippen molar-refractivity contribution in [1.29, 1.82) is 5.26 Å². The molecule has 60 valence electrons. The molecule has 1 aliphatic rings. The number of hydrogen-bond donors (Lipinski definition) is 0. The fourth-order valence-corrected chi connectivity index (χ4v) is 1.59. The second-order valence-electron chi connectivity index (χ2n) is 3.31. The van der Waals surface area contributed by atoms with E-state index in [0.29, 0.717) is 18.1 Å². The molecule has 0 heterocycles. The minimum Gasteiger partial charge on any atom is -0.300 e. The number of Topliss-reactive ketones (excluding diaryl/α,β-unsaturated/α-hetero) is 1. The van der Waals surface area contributed by atoms with Crippen molar-refractivity contribution in [2.45, 2.75) is 32.6 Å². The highest BCUT2D eigenvalue weighted by Gasteiger charge is 2.23. The van der Waals surface area contributed by atoms with Crippen LogP contribution in [0.5, 0.6) is 0 Å². The number of carbonyl (C=O) groups excluding carboxylic acids is 1. The average molecular weight is 151 g/mol. The normalized spacial score (nSPS) is 27.6. The van der Waals surface area contributed by atoms with E-state index < -0.39 is 0 Å². The highest BCUT2D eigenvalue weighted by Crippen LogP contribution is 2.27. The molecule has 0 aromatic heterocycles. The summed E-state index contributed by atoms with van der Waals surface area (Å²) in [7, 11) is 0. The van der Waals surface area contributed by atoms with E-state index in [2.05, 4.69) is 6.07 Å². The van der Waals surface area contributed by atoms with Gasteiger partial charge in [0.05, 0.1) is 6.07 Å². The molecule has 2 atom stereocenters. The molecular weight excluding hydrogens is 138 g/mol. The molecule has 1 rings (SSSR count). The lowest BCUT2D eigenvalue weighted by atomic mass is 9.81. The SMILES string of the molecule is CC(C#N)C1CCCC(=O)C1. The van der Waals surface area contributed by atoms with Crippen molar-refractivity contribution >= 4 is 5.78 Å². The molecule has 0 N–H and O–H groups in total. The first-order chi connectivity index (χ1) is 5.24. The predicted molar refractivity (Wildman–Crippen MR) is 41.7 cm³/mol. The molecule has 1 saturated carbocycles. The van der Waals surface area contributed by atoms with Crippen LogP contribution in [0.2, 0.25) is 0 Å². The molecular formula is C9H13NO. The van der Waals surface area contributed by atoms with Crippen molar-refractivity contribution in [3.05, 3.63) is 0 Å². The van der Waals surface area contributed by atoms with Crippen LogP contribution in [0, 0.1) is 23.2 Å². The van der Waals surface area contributed by atoms with Crippen molar-refractivity contribution in [3.63, 3.8) is 0 Å². The summed E-state index contributed by atoms with van der Waals surface area (Å²) in [5.41, 5.74) is 0. The van der Waals surface area contributed by atoms with E-state index in [1.165, 1.54) is 0 Å². The van der Waals surface area contributed by atoms with Crippen LogP contribution in [-0.2, 0) is 4.79 Å². The van der Waals surface area contributed by atoms with E-state index in [1.54, 1.807) is 0 Å². The number of nitriles is 1. The van der Waals surface area contributed by atoms with Gasteiger partial charge in [0.15, 0.2) is 0 Å². The van der Waals surface area contributed by atoms with Crippen molar-refractivity contribution < 1.29 is 4.79 Å². The van der Waals surface area contributed by atoms with Gasteiger partial charge >= 0.3 is 0 Å². The lowest BCUT2D eigenvalue weighted by Crippen LogP contribution is -2.19. The quantitative estimate of drug-likeness (QED) is 0.574. The molecule has 2 nitrogen and oxygen atoms in total. The zero-order valence-corrected chi connectivity index (χ0v) is 6.84. The smallest absolute Gasteiger partial charge is 0.133 e. The van der Waals surface area contributed by atoms with Gasteiger partial charge in [0.2, 0.25) is 0 Å². The third-order valence-corrected chi connectivity index (χ3v) is 2.43. The molecule has 2 unspecified atom stereocenters. The molecule has 11 heavy (non-hydrogen) atoms. The standard InChI is InChI=1S/C9H13NO/c1-7(6-10)8-3-2-4-9(11)5-8/h7-8H,2-5H2,1H3. The third-order valence-electron chi connectivity index (χ3n) is 2.43. The zero-order valence-electron chi connectivity index (χ0n) is 6.84. The van der Waals surface area contributed by atoms with Gasteiger partial charge in [-0.2, -0.15) is 5.26 Å². The minimum absolute atomic E-state index is 0.0549. The summed E-state index contributed by atoms with van der Waals surface area (Å²) in [4.78, 5) is 11.0. The van der Waals surface area contributed by atoms with Gasteiger partial charge in [-0.25, -0.2) is 0 Å². The summed E-state index contributed by atoms with van der Waals surface area (Å²) >= 11 is 0. The zero-order chi connectivity index (χ0) is 8.27. The Morgan fingerprint density at radius 2 is 2.45 bits per heavy atom. The Labute approximate surface area is 67.2 Å². The number of ketones is 1. The molecule has 2 heteroatoms. The van der Waals surface area contributed by atoms with Gasteiger partial charge in [-0.3, -0.25) is 4.79 Å². The lowest BCUT2D eigenvalue weighted by molar-refractivity contribution is -0.121. The van der Waals surface area contributed by atoms with E-state index in [-0.39, 0.29) is 5.92 Å². The highest BCUT2D eigenvalue weighted by atomic mass is 16.1. The molecule has 0 bridgehead atoms. The maximum absolute atomic E-state index is 11.0. The fourth-order valence-electron chi connectivity index (χ4n) is 1.59. The molecule has 0 radical (unpaired) electrons. The Morgan fingerprint density at radius 3 is 3.00 bits per heavy atom. The van der Waals surface area contributed by atoms with E-state index >= 15 is 0 Å². The second-order valence-corrected chi connectivity index (χ2v) is 3.31. The number of carbonyl (C=O) groups is 1. The Balaban J connectivity index is 2.47. The van der Waals surface area contributed by atoms with E-state index in [4.69, 9.17) is 5.26 Å². The Hall–Kier alpha value is -0.840. The summed E-state index contributed by atoms with van der Waals surface area (Å²) in [6.07, 6.45) is 3.40. The van der Waals surface area contributed by atoms with E-state index in [1.807, 2.05) is 6.92 Å². The van der Waals surface area contributed by atoms with Gasteiger partial charge in [-0.05, 0) is 25.7 Å². The summed E-state index contributed by atoms with van der Waals surface area (Å²) in [6, 6.07) is 2.20. The van der Waals surface area contributed by atoms with E-state index in [0.717, 1.165) is 19.3 Å². The van der Waals surface area contributed by atoms with Crippen molar-refractivity contribution in [3.8, 4) is 6.07 Å². The van der Waals surface area contributed by atoms with Crippen LogP contribution in [0.15, 0.2) is 0 Å². The lowest BCUT2D eigenvalue weighted by Gasteiger charge is -2.22. The van der Waals surface area contributed by atoms with Crippen LogP contribution in [0.25, 0.3) is 0 Å². The van der Waals surface area contributed by atoms with Crippen LogP contribution in [0.3, 0.4) is 0 Å². The first-order valence-electron chi connectivity index (χ1n) is 4.15. The maximum atomic E-state index is 11.0. The molecule has 0 amide bonds. The van der Waals surface area contributed by atoms with Gasteiger partial charge in [0.1, 0.15) is 5.78 Å². The number of nitrogens with zero attached hydrogens (tertiary/aromatic N) is 1.